The van der Waals surface area contributed by atoms with Gasteiger partial charge in [-0.1, -0.05) is 19.1 Å². The van der Waals surface area contributed by atoms with Gasteiger partial charge in [0.2, 0.25) is 0 Å². The van der Waals surface area contributed by atoms with Crippen LogP contribution in [0.1, 0.15) is 37.4 Å². The zero-order chi connectivity index (χ0) is 24.1. The molecule has 1 amide bonds. The molecule has 0 aromatic heterocycles. The number of Topliss-reactive ketones (excluding diaryl/α,β-unsaturated/α-hetero) is 1. The third-order valence-corrected chi connectivity index (χ3v) is 5.47. The molecule has 3 rings (SSSR count). The van der Waals surface area contributed by atoms with E-state index in [2.05, 4.69) is 0 Å². The summed E-state index contributed by atoms with van der Waals surface area (Å²) >= 11 is 0. The molecule has 176 valence electrons. The van der Waals surface area contributed by atoms with Crippen LogP contribution in [0.3, 0.4) is 0 Å². The van der Waals surface area contributed by atoms with Crippen LogP contribution in [0, 0.1) is 0 Å². The molecule has 1 N–H and O–H groups in total. The molecule has 33 heavy (non-hydrogen) atoms. The highest BCUT2D eigenvalue weighted by atomic mass is 16.5. The van der Waals surface area contributed by atoms with Crippen LogP contribution in [0.25, 0.3) is 5.76 Å². The van der Waals surface area contributed by atoms with Gasteiger partial charge in [-0.25, -0.2) is 0 Å². The zero-order valence-electron chi connectivity index (χ0n) is 19.5. The summed E-state index contributed by atoms with van der Waals surface area (Å²) in [7, 11) is 4.45. The number of nitrogens with zero attached hydrogens (tertiary/aromatic N) is 1. The molecule has 0 radical (unpaired) electrons. The fraction of sp³-hybridized carbons (Fsp3) is 0.360. The van der Waals surface area contributed by atoms with Crippen molar-refractivity contribution in [3.63, 3.8) is 0 Å². The lowest BCUT2D eigenvalue weighted by molar-refractivity contribution is -0.139. The topological polar surface area (TPSA) is 94.5 Å². The van der Waals surface area contributed by atoms with Gasteiger partial charge in [-0.2, -0.15) is 0 Å². The van der Waals surface area contributed by atoms with Crippen LogP contribution in [-0.2, 0) is 9.59 Å². The lowest BCUT2D eigenvalue weighted by Gasteiger charge is -2.26. The third-order valence-electron chi connectivity index (χ3n) is 5.47. The molecule has 0 bridgehead atoms. The van der Waals surface area contributed by atoms with E-state index in [1.54, 1.807) is 36.4 Å². The minimum atomic E-state index is -0.815. The van der Waals surface area contributed by atoms with Gasteiger partial charge in [0.05, 0.1) is 39.6 Å². The zero-order valence-corrected chi connectivity index (χ0v) is 19.5. The number of carbonyl (C=O) groups excluding carboxylic acids is 2. The summed E-state index contributed by atoms with van der Waals surface area (Å²) in [6.07, 6.45) is 0.635. The molecule has 8 heteroatoms. The second-order valence-electron chi connectivity index (χ2n) is 7.37. The highest BCUT2D eigenvalue weighted by Crippen LogP contribution is 2.44. The largest absolute Gasteiger partial charge is 0.506 e. The molecule has 0 spiro atoms. The van der Waals surface area contributed by atoms with Crippen molar-refractivity contribution < 1.29 is 33.6 Å². The quantitative estimate of drug-likeness (QED) is 0.348. The fourth-order valence-corrected chi connectivity index (χ4v) is 4.05. The van der Waals surface area contributed by atoms with E-state index in [4.69, 9.17) is 18.9 Å². The normalized spacial score (nSPS) is 17.2. The minimum absolute atomic E-state index is 0.0381. The smallest absolute Gasteiger partial charge is 0.295 e. The first kappa shape index (κ1) is 24.0. The summed E-state index contributed by atoms with van der Waals surface area (Å²) in [4.78, 5) is 27.6. The SMILES string of the molecule is CCCN1C(=O)C(=O)/C(=C(/O)c2c(OC)cccc2OC)C1c1ccc(OC)c(OCC)c1. The van der Waals surface area contributed by atoms with Crippen molar-refractivity contribution in [2.45, 2.75) is 26.3 Å². The van der Waals surface area contributed by atoms with E-state index in [-0.39, 0.29) is 16.9 Å². The maximum absolute atomic E-state index is 13.2. The van der Waals surface area contributed by atoms with Crippen molar-refractivity contribution in [3.05, 3.63) is 53.1 Å². The number of ketones is 1. The molecule has 1 atom stereocenters. The van der Waals surface area contributed by atoms with Crippen molar-refractivity contribution in [1.82, 2.24) is 4.90 Å². The molecule has 1 aliphatic rings. The fourth-order valence-electron chi connectivity index (χ4n) is 4.05. The first-order chi connectivity index (χ1) is 15.9. The molecule has 1 heterocycles. The molecule has 1 saturated heterocycles. The number of aliphatic hydroxyl groups is 1. The predicted molar refractivity (Wildman–Crippen MR) is 123 cm³/mol. The molecule has 2 aromatic rings. The van der Waals surface area contributed by atoms with Crippen molar-refractivity contribution in [1.29, 1.82) is 0 Å². The molecule has 8 nitrogen and oxygen atoms in total. The van der Waals surface area contributed by atoms with Crippen molar-refractivity contribution >= 4 is 17.4 Å². The van der Waals surface area contributed by atoms with E-state index in [0.29, 0.717) is 48.1 Å². The first-order valence-electron chi connectivity index (χ1n) is 10.7. The number of hydrogen-bond donors (Lipinski definition) is 1. The standard InChI is InChI=1S/C25H29NO7/c1-6-13-26-22(15-11-12-16(30-3)19(14-15)33-7-2)21(24(28)25(26)29)23(27)20-17(31-4)9-8-10-18(20)32-5/h8-12,14,22,27H,6-7,13H2,1-5H3/b23-21+. The highest BCUT2D eigenvalue weighted by Gasteiger charge is 2.46. The van der Waals surface area contributed by atoms with Gasteiger partial charge in [-0.15, -0.1) is 0 Å². The van der Waals surface area contributed by atoms with Crippen LogP contribution in [0.15, 0.2) is 42.0 Å². The average molecular weight is 456 g/mol. The van der Waals surface area contributed by atoms with E-state index >= 15 is 0 Å². The number of carbonyl (C=O) groups is 2. The number of rotatable bonds is 9. The molecule has 1 aliphatic heterocycles. The lowest BCUT2D eigenvalue weighted by atomic mass is 9.94. The number of likely N-dealkylation sites (tertiary alicyclic amines) is 1. The van der Waals surface area contributed by atoms with Gasteiger partial charge in [-0.05, 0) is 43.2 Å². The lowest BCUT2D eigenvalue weighted by Crippen LogP contribution is -2.30. The summed E-state index contributed by atoms with van der Waals surface area (Å²) in [6.45, 7) is 4.51. The molecular formula is C25H29NO7. The van der Waals surface area contributed by atoms with Gasteiger partial charge in [0.15, 0.2) is 11.5 Å². The van der Waals surface area contributed by atoms with Gasteiger partial charge in [0.25, 0.3) is 11.7 Å². The Morgan fingerprint density at radius 1 is 0.939 bits per heavy atom. The van der Waals surface area contributed by atoms with Crippen LogP contribution in [0.2, 0.25) is 0 Å². The summed E-state index contributed by atoms with van der Waals surface area (Å²) < 4.78 is 21.9. The van der Waals surface area contributed by atoms with Gasteiger partial charge in [0, 0.05) is 6.54 Å². The molecular weight excluding hydrogens is 426 g/mol. The van der Waals surface area contributed by atoms with E-state index in [1.165, 1.54) is 26.2 Å². The maximum atomic E-state index is 13.2. The van der Waals surface area contributed by atoms with Gasteiger partial charge in [-0.3, -0.25) is 9.59 Å². The number of ether oxygens (including phenoxy) is 4. The first-order valence-corrected chi connectivity index (χ1v) is 10.7. The Morgan fingerprint density at radius 3 is 2.12 bits per heavy atom. The Morgan fingerprint density at radius 2 is 1.58 bits per heavy atom. The van der Waals surface area contributed by atoms with E-state index in [1.807, 2.05) is 13.8 Å². The predicted octanol–water partition coefficient (Wildman–Crippen LogP) is 3.94. The minimum Gasteiger partial charge on any atom is -0.506 e. The Bertz CT molecular complexity index is 1050. The number of hydrogen-bond acceptors (Lipinski definition) is 7. The van der Waals surface area contributed by atoms with Crippen LogP contribution in [0.5, 0.6) is 23.0 Å². The van der Waals surface area contributed by atoms with Gasteiger partial charge >= 0.3 is 0 Å². The highest BCUT2D eigenvalue weighted by molar-refractivity contribution is 6.46. The molecule has 1 fully saturated rings. The summed E-state index contributed by atoms with van der Waals surface area (Å²) in [5.74, 6) is -0.165. The second-order valence-corrected chi connectivity index (χ2v) is 7.37. The van der Waals surface area contributed by atoms with Crippen molar-refractivity contribution in [3.8, 4) is 23.0 Å². The molecule has 1 unspecified atom stereocenters. The summed E-state index contributed by atoms with van der Waals surface area (Å²) in [6, 6.07) is 9.39. The number of methoxy groups -OCH3 is 3. The Hall–Kier alpha value is -3.68. The maximum Gasteiger partial charge on any atom is 0.295 e. The summed E-state index contributed by atoms with van der Waals surface area (Å²) in [5.41, 5.74) is 0.784. The number of benzene rings is 2. The van der Waals surface area contributed by atoms with Gasteiger partial charge < -0.3 is 29.0 Å². The van der Waals surface area contributed by atoms with Crippen molar-refractivity contribution in [2.24, 2.45) is 0 Å². The van der Waals surface area contributed by atoms with E-state index in [9.17, 15) is 14.7 Å². The van der Waals surface area contributed by atoms with E-state index in [0.717, 1.165) is 0 Å². The Balaban J connectivity index is 2.29. The van der Waals surface area contributed by atoms with Crippen LogP contribution in [0.4, 0.5) is 0 Å². The molecule has 2 aromatic carbocycles. The molecule has 0 saturated carbocycles. The number of aliphatic hydroxyl groups excluding tert-OH is 1. The Kier molecular flexibility index (Phi) is 7.48. The van der Waals surface area contributed by atoms with Crippen molar-refractivity contribution in [2.75, 3.05) is 34.5 Å². The van der Waals surface area contributed by atoms with Crippen LogP contribution < -0.4 is 18.9 Å². The Labute approximate surface area is 193 Å². The monoisotopic (exact) mass is 455 g/mol. The second kappa shape index (κ2) is 10.3. The molecule has 0 aliphatic carbocycles. The van der Waals surface area contributed by atoms with Gasteiger partial charge in [0.1, 0.15) is 22.8 Å². The van der Waals surface area contributed by atoms with Crippen LogP contribution >= 0.6 is 0 Å². The summed E-state index contributed by atoms with van der Waals surface area (Å²) in [5, 5.41) is 11.4. The average Bonchev–Trinajstić information content (AvgIpc) is 3.08. The third kappa shape index (κ3) is 4.33. The number of amides is 1. The van der Waals surface area contributed by atoms with E-state index < -0.39 is 17.7 Å². The van der Waals surface area contributed by atoms with Crippen LogP contribution in [-0.4, -0.2) is 56.2 Å².